The number of anilines is 1. The molecule has 0 aliphatic heterocycles. The minimum atomic E-state index is -3.43. The van der Waals surface area contributed by atoms with Gasteiger partial charge in [-0.25, -0.2) is 18.1 Å². The minimum absolute atomic E-state index is 0.271. The zero-order valence-electron chi connectivity index (χ0n) is 17.9. The summed E-state index contributed by atoms with van der Waals surface area (Å²) in [6.07, 6.45) is 1.04. The number of nitrogens with one attached hydrogen (secondary N) is 1. The van der Waals surface area contributed by atoms with E-state index < -0.39 is 15.9 Å². The fourth-order valence-corrected chi connectivity index (χ4v) is 3.15. The van der Waals surface area contributed by atoms with E-state index in [1.165, 1.54) is 7.05 Å². The number of likely N-dealkylation sites (N-methyl/N-ethyl adjacent to an activating group) is 1. The lowest BCUT2D eigenvalue weighted by molar-refractivity contribution is -0.116. The van der Waals surface area contributed by atoms with Gasteiger partial charge in [0.15, 0.2) is 5.82 Å². The Labute approximate surface area is 180 Å². The SMILES string of the molecule is Cc1cc(C)n(-c2cc(Oc3ccc(NC(=O)CN(C)S(C)(=O)=O)cc3)nc(C)n2)n1. The molecule has 3 rings (SSSR count). The second-order valence-corrected chi connectivity index (χ2v) is 9.23. The molecule has 2 heterocycles. The summed E-state index contributed by atoms with van der Waals surface area (Å²) in [6, 6.07) is 10.3. The van der Waals surface area contributed by atoms with Gasteiger partial charge in [0.25, 0.3) is 0 Å². The minimum Gasteiger partial charge on any atom is -0.439 e. The number of benzene rings is 1. The Morgan fingerprint density at radius 3 is 2.39 bits per heavy atom. The molecule has 0 saturated carbocycles. The van der Waals surface area contributed by atoms with E-state index in [4.69, 9.17) is 4.74 Å². The molecule has 0 unspecified atom stereocenters. The number of amides is 1. The van der Waals surface area contributed by atoms with Crippen LogP contribution in [0.3, 0.4) is 0 Å². The maximum Gasteiger partial charge on any atom is 0.239 e. The third-order valence-electron chi connectivity index (χ3n) is 4.32. The van der Waals surface area contributed by atoms with E-state index in [1.807, 2.05) is 19.9 Å². The number of ether oxygens (including phenoxy) is 1. The van der Waals surface area contributed by atoms with Crippen LogP contribution in [-0.2, 0) is 14.8 Å². The van der Waals surface area contributed by atoms with Crippen LogP contribution in [0.1, 0.15) is 17.2 Å². The highest BCUT2D eigenvalue weighted by Gasteiger charge is 2.15. The third kappa shape index (κ3) is 5.86. The van der Waals surface area contributed by atoms with Crippen molar-refractivity contribution in [2.45, 2.75) is 20.8 Å². The van der Waals surface area contributed by atoms with E-state index in [9.17, 15) is 13.2 Å². The Balaban J connectivity index is 1.70. The number of aryl methyl sites for hydroxylation is 3. The van der Waals surface area contributed by atoms with Crippen LogP contribution in [-0.4, -0.2) is 58.2 Å². The fourth-order valence-electron chi connectivity index (χ4n) is 2.79. The van der Waals surface area contributed by atoms with Crippen LogP contribution >= 0.6 is 0 Å². The number of sulfonamides is 1. The maximum atomic E-state index is 12.0. The number of hydrogen-bond acceptors (Lipinski definition) is 7. The van der Waals surface area contributed by atoms with Crippen molar-refractivity contribution in [2.75, 3.05) is 25.2 Å². The summed E-state index contributed by atoms with van der Waals surface area (Å²) in [4.78, 5) is 20.7. The van der Waals surface area contributed by atoms with Gasteiger partial charge in [0.05, 0.1) is 18.5 Å². The van der Waals surface area contributed by atoms with Crippen molar-refractivity contribution in [1.82, 2.24) is 24.1 Å². The monoisotopic (exact) mass is 444 g/mol. The third-order valence-corrected chi connectivity index (χ3v) is 5.58. The summed E-state index contributed by atoms with van der Waals surface area (Å²) in [5, 5.41) is 7.08. The Bertz CT molecular complexity index is 1200. The summed E-state index contributed by atoms with van der Waals surface area (Å²) < 4.78 is 31.4. The highest BCUT2D eigenvalue weighted by molar-refractivity contribution is 7.88. The lowest BCUT2D eigenvalue weighted by atomic mass is 10.3. The van der Waals surface area contributed by atoms with Gasteiger partial charge < -0.3 is 10.1 Å². The van der Waals surface area contributed by atoms with Gasteiger partial charge >= 0.3 is 0 Å². The normalized spacial score (nSPS) is 11.5. The topological polar surface area (TPSA) is 119 Å². The molecule has 0 saturated heterocycles. The molecule has 0 bridgehead atoms. The summed E-state index contributed by atoms with van der Waals surface area (Å²) in [5.74, 6) is 1.58. The molecule has 0 aliphatic carbocycles. The molecule has 0 spiro atoms. The predicted molar refractivity (Wildman–Crippen MR) is 116 cm³/mol. The van der Waals surface area contributed by atoms with Crippen molar-refractivity contribution in [3.8, 4) is 17.4 Å². The Kier molecular flexibility index (Phi) is 6.37. The van der Waals surface area contributed by atoms with Gasteiger partial charge in [-0.1, -0.05) is 0 Å². The zero-order chi connectivity index (χ0) is 22.8. The van der Waals surface area contributed by atoms with Gasteiger partial charge in [0, 0.05) is 24.5 Å². The molecular formula is C20H24N6O4S. The van der Waals surface area contributed by atoms with Crippen LogP contribution in [0.5, 0.6) is 11.6 Å². The number of carbonyl (C=O) groups is 1. The summed E-state index contributed by atoms with van der Waals surface area (Å²) in [5.41, 5.74) is 2.35. The average Bonchev–Trinajstić information content (AvgIpc) is 3.00. The maximum absolute atomic E-state index is 12.0. The zero-order valence-corrected chi connectivity index (χ0v) is 18.8. The molecule has 0 aliphatic rings. The Morgan fingerprint density at radius 1 is 1.13 bits per heavy atom. The second-order valence-electron chi connectivity index (χ2n) is 7.14. The molecule has 1 aromatic carbocycles. The number of carbonyl (C=O) groups excluding carboxylic acids is 1. The first-order valence-corrected chi connectivity index (χ1v) is 11.2. The smallest absolute Gasteiger partial charge is 0.239 e. The van der Waals surface area contributed by atoms with Crippen LogP contribution in [0.2, 0.25) is 0 Å². The molecule has 11 heteroatoms. The summed E-state index contributed by atoms with van der Waals surface area (Å²) in [7, 11) is -2.08. The number of aromatic nitrogens is 4. The molecule has 1 amide bonds. The van der Waals surface area contributed by atoms with Gasteiger partial charge in [0.1, 0.15) is 11.6 Å². The van der Waals surface area contributed by atoms with Gasteiger partial charge in [-0.15, -0.1) is 0 Å². The van der Waals surface area contributed by atoms with Crippen LogP contribution in [0.4, 0.5) is 5.69 Å². The molecule has 164 valence electrons. The fraction of sp³-hybridized carbons (Fsp3) is 0.300. The van der Waals surface area contributed by atoms with Crippen molar-refractivity contribution in [1.29, 1.82) is 0 Å². The molecular weight excluding hydrogens is 420 g/mol. The van der Waals surface area contributed by atoms with E-state index in [1.54, 1.807) is 41.9 Å². The van der Waals surface area contributed by atoms with Gasteiger partial charge in [0.2, 0.25) is 21.8 Å². The molecule has 0 radical (unpaired) electrons. The molecule has 1 N–H and O–H groups in total. The summed E-state index contributed by atoms with van der Waals surface area (Å²) in [6.45, 7) is 5.35. The largest absolute Gasteiger partial charge is 0.439 e. The molecule has 3 aromatic rings. The van der Waals surface area contributed by atoms with Crippen LogP contribution in [0, 0.1) is 20.8 Å². The first-order chi connectivity index (χ1) is 14.5. The van der Waals surface area contributed by atoms with Crippen molar-refractivity contribution in [3.05, 3.63) is 53.6 Å². The molecule has 2 aromatic heterocycles. The summed E-state index contributed by atoms with van der Waals surface area (Å²) >= 11 is 0. The van der Waals surface area contributed by atoms with Crippen molar-refractivity contribution in [3.63, 3.8) is 0 Å². The molecule has 0 atom stereocenters. The Hall–Kier alpha value is -3.31. The van der Waals surface area contributed by atoms with Gasteiger partial charge in [-0.05, 0) is 51.1 Å². The van der Waals surface area contributed by atoms with E-state index in [-0.39, 0.29) is 6.54 Å². The number of hydrogen-bond donors (Lipinski definition) is 1. The van der Waals surface area contributed by atoms with E-state index in [0.29, 0.717) is 29.0 Å². The predicted octanol–water partition coefficient (Wildman–Crippen LogP) is 2.21. The standard InChI is InChI=1S/C20H24N6O4S/c1-13-10-14(2)26(24-13)18-11-20(22-15(3)21-18)30-17-8-6-16(7-9-17)23-19(27)12-25(4)31(5,28)29/h6-11H,12H2,1-5H3,(H,23,27). The first-order valence-electron chi connectivity index (χ1n) is 9.39. The Morgan fingerprint density at radius 2 is 1.81 bits per heavy atom. The number of rotatable bonds is 7. The van der Waals surface area contributed by atoms with Crippen LogP contribution in [0.25, 0.3) is 5.82 Å². The first kappa shape index (κ1) is 22.4. The lowest BCUT2D eigenvalue weighted by Crippen LogP contribution is -2.34. The molecule has 31 heavy (non-hydrogen) atoms. The van der Waals surface area contributed by atoms with Crippen molar-refractivity contribution >= 4 is 21.6 Å². The van der Waals surface area contributed by atoms with Crippen molar-refractivity contribution in [2.24, 2.45) is 0 Å². The molecule has 0 fully saturated rings. The highest BCUT2D eigenvalue weighted by atomic mass is 32.2. The van der Waals surface area contributed by atoms with E-state index >= 15 is 0 Å². The number of nitrogens with zero attached hydrogens (tertiary/aromatic N) is 5. The average molecular weight is 445 g/mol. The molecule has 10 nitrogen and oxygen atoms in total. The van der Waals surface area contributed by atoms with Crippen LogP contribution < -0.4 is 10.1 Å². The van der Waals surface area contributed by atoms with E-state index in [2.05, 4.69) is 20.4 Å². The second kappa shape index (κ2) is 8.82. The van der Waals surface area contributed by atoms with Gasteiger partial charge in [-0.2, -0.15) is 14.4 Å². The van der Waals surface area contributed by atoms with Crippen molar-refractivity contribution < 1.29 is 17.9 Å². The van der Waals surface area contributed by atoms with Crippen LogP contribution in [0.15, 0.2) is 36.4 Å². The quantitative estimate of drug-likeness (QED) is 0.593. The highest BCUT2D eigenvalue weighted by Crippen LogP contribution is 2.23. The van der Waals surface area contributed by atoms with Gasteiger partial charge in [-0.3, -0.25) is 4.79 Å². The lowest BCUT2D eigenvalue weighted by Gasteiger charge is -2.14. The van der Waals surface area contributed by atoms with E-state index in [0.717, 1.165) is 21.9 Å².